The molecule has 4 unspecified atom stereocenters. The van der Waals surface area contributed by atoms with Gasteiger partial charge in [0.05, 0.1) is 12.0 Å². The van der Waals surface area contributed by atoms with Gasteiger partial charge in [-0.2, -0.15) is 0 Å². The molecule has 19 heavy (non-hydrogen) atoms. The summed E-state index contributed by atoms with van der Waals surface area (Å²) in [6.07, 6.45) is 8.63. The average molecular weight is 259 g/mol. The van der Waals surface area contributed by atoms with E-state index in [2.05, 4.69) is 48.2 Å². The Morgan fingerprint density at radius 2 is 1.95 bits per heavy atom. The van der Waals surface area contributed by atoms with Gasteiger partial charge < -0.3 is 9.88 Å². The van der Waals surface area contributed by atoms with Crippen LogP contribution in [0.1, 0.15) is 51.8 Å². The molecular weight excluding hydrogens is 234 g/mol. The molecule has 2 bridgehead atoms. The Balaban J connectivity index is 1.50. The molecular formula is C16H25N3. The third-order valence-electron chi connectivity index (χ3n) is 5.56. The Hall–Kier alpha value is -0.830. The molecule has 0 aromatic carbocycles. The number of hydrogen-bond donors (Lipinski definition) is 1. The fourth-order valence-corrected chi connectivity index (χ4v) is 4.74. The van der Waals surface area contributed by atoms with E-state index in [0.717, 1.165) is 36.3 Å². The van der Waals surface area contributed by atoms with Crippen LogP contribution >= 0.6 is 0 Å². The SMILES string of the molecule is CC(C)(C)NCc1cncn1C1C2C3CCC(C3)C21. The van der Waals surface area contributed by atoms with Crippen LogP contribution in [0.2, 0.25) is 0 Å². The molecule has 3 heteroatoms. The summed E-state index contributed by atoms with van der Waals surface area (Å²) < 4.78 is 2.48. The first-order valence-corrected chi connectivity index (χ1v) is 7.80. The highest BCUT2D eigenvalue weighted by atomic mass is 15.2. The van der Waals surface area contributed by atoms with Gasteiger partial charge in [-0.15, -0.1) is 0 Å². The van der Waals surface area contributed by atoms with E-state index in [1.54, 1.807) is 0 Å². The third kappa shape index (κ3) is 1.85. The van der Waals surface area contributed by atoms with Crippen LogP contribution in [0.25, 0.3) is 0 Å². The molecule has 0 aliphatic heterocycles. The van der Waals surface area contributed by atoms with Crippen molar-refractivity contribution >= 4 is 0 Å². The van der Waals surface area contributed by atoms with Gasteiger partial charge in [-0.3, -0.25) is 0 Å². The first kappa shape index (κ1) is 12.0. The summed E-state index contributed by atoms with van der Waals surface area (Å²) in [4.78, 5) is 4.40. The van der Waals surface area contributed by atoms with Crippen LogP contribution in [0.4, 0.5) is 0 Å². The van der Waals surface area contributed by atoms with E-state index in [-0.39, 0.29) is 5.54 Å². The molecule has 1 aromatic heterocycles. The number of rotatable bonds is 3. The lowest BCUT2D eigenvalue weighted by molar-refractivity contribution is 0.403. The Morgan fingerprint density at radius 1 is 1.26 bits per heavy atom. The lowest BCUT2D eigenvalue weighted by Crippen LogP contribution is -2.35. The number of nitrogens with zero attached hydrogens (tertiary/aromatic N) is 2. The fourth-order valence-electron chi connectivity index (χ4n) is 4.74. The van der Waals surface area contributed by atoms with Crippen molar-refractivity contribution in [2.24, 2.45) is 23.7 Å². The summed E-state index contributed by atoms with van der Waals surface area (Å²) in [5.74, 6) is 4.04. The van der Waals surface area contributed by atoms with Gasteiger partial charge in [-0.05, 0) is 63.7 Å². The summed E-state index contributed by atoms with van der Waals surface area (Å²) in [7, 11) is 0. The monoisotopic (exact) mass is 259 g/mol. The molecule has 4 rings (SSSR count). The largest absolute Gasteiger partial charge is 0.330 e. The van der Waals surface area contributed by atoms with E-state index >= 15 is 0 Å². The maximum Gasteiger partial charge on any atom is 0.0951 e. The van der Waals surface area contributed by atoms with Crippen molar-refractivity contribution in [1.82, 2.24) is 14.9 Å². The van der Waals surface area contributed by atoms with E-state index in [1.165, 1.54) is 25.0 Å². The van der Waals surface area contributed by atoms with Gasteiger partial charge in [0, 0.05) is 24.3 Å². The molecule has 0 radical (unpaired) electrons. The van der Waals surface area contributed by atoms with Gasteiger partial charge in [-0.1, -0.05) is 0 Å². The van der Waals surface area contributed by atoms with Gasteiger partial charge in [-0.25, -0.2) is 4.98 Å². The number of hydrogen-bond acceptors (Lipinski definition) is 2. The molecule has 1 aromatic rings. The van der Waals surface area contributed by atoms with E-state index in [1.807, 2.05) is 0 Å². The summed E-state index contributed by atoms with van der Waals surface area (Å²) in [6.45, 7) is 7.61. The minimum absolute atomic E-state index is 0.174. The van der Waals surface area contributed by atoms with Crippen molar-refractivity contribution < 1.29 is 0 Å². The van der Waals surface area contributed by atoms with Crippen molar-refractivity contribution in [1.29, 1.82) is 0 Å². The molecule has 104 valence electrons. The predicted octanol–water partition coefficient (Wildman–Crippen LogP) is 2.99. The Morgan fingerprint density at radius 3 is 2.58 bits per heavy atom. The number of aromatic nitrogens is 2. The van der Waals surface area contributed by atoms with E-state index in [4.69, 9.17) is 0 Å². The standard InChI is InChI=1S/C16H25N3/c1-16(2,3)18-8-12-7-17-9-19(12)15-13-10-4-5-11(6-10)14(13)15/h7,9-11,13-15,18H,4-6,8H2,1-3H3. The quantitative estimate of drug-likeness (QED) is 0.904. The first-order valence-electron chi connectivity index (χ1n) is 7.80. The predicted molar refractivity (Wildman–Crippen MR) is 75.7 cm³/mol. The van der Waals surface area contributed by atoms with Gasteiger partial charge in [0.25, 0.3) is 0 Å². The summed E-state index contributed by atoms with van der Waals surface area (Å²) in [6, 6.07) is 0.783. The highest BCUT2D eigenvalue weighted by Gasteiger charge is 2.65. The zero-order chi connectivity index (χ0) is 13.2. The van der Waals surface area contributed by atoms with Crippen molar-refractivity contribution in [3.8, 4) is 0 Å². The lowest BCUT2D eigenvalue weighted by Gasteiger charge is -2.21. The lowest BCUT2D eigenvalue weighted by atomic mass is 10.0. The van der Waals surface area contributed by atoms with Crippen LogP contribution in [-0.2, 0) is 6.54 Å². The minimum atomic E-state index is 0.174. The van der Waals surface area contributed by atoms with Crippen molar-refractivity contribution in [2.75, 3.05) is 0 Å². The molecule has 0 spiro atoms. The molecule has 3 nitrogen and oxygen atoms in total. The molecule has 1 N–H and O–H groups in total. The number of fused-ring (bicyclic) bond motifs is 5. The van der Waals surface area contributed by atoms with Crippen molar-refractivity contribution in [3.05, 3.63) is 18.2 Å². The van der Waals surface area contributed by atoms with Crippen molar-refractivity contribution in [2.45, 2.75) is 58.2 Å². The van der Waals surface area contributed by atoms with Gasteiger partial charge in [0.15, 0.2) is 0 Å². The number of imidazole rings is 1. The topological polar surface area (TPSA) is 29.9 Å². The average Bonchev–Trinajstić information content (AvgIpc) is 2.75. The second kappa shape index (κ2) is 3.85. The molecule has 3 fully saturated rings. The van der Waals surface area contributed by atoms with Crippen LogP contribution in [0.3, 0.4) is 0 Å². The van der Waals surface area contributed by atoms with Crippen LogP contribution in [0.5, 0.6) is 0 Å². The van der Waals surface area contributed by atoms with Gasteiger partial charge >= 0.3 is 0 Å². The molecule has 3 aliphatic carbocycles. The third-order valence-corrected chi connectivity index (χ3v) is 5.56. The van der Waals surface area contributed by atoms with Crippen LogP contribution in [0.15, 0.2) is 12.5 Å². The first-order chi connectivity index (χ1) is 9.04. The van der Waals surface area contributed by atoms with Crippen molar-refractivity contribution in [3.63, 3.8) is 0 Å². The number of nitrogens with one attached hydrogen (secondary N) is 1. The molecule has 1 heterocycles. The highest BCUT2D eigenvalue weighted by molar-refractivity contribution is 5.18. The zero-order valence-corrected chi connectivity index (χ0v) is 12.3. The Labute approximate surface area is 115 Å². The van der Waals surface area contributed by atoms with E-state index < -0.39 is 0 Å². The molecule has 3 aliphatic rings. The highest BCUT2D eigenvalue weighted by Crippen LogP contribution is 2.71. The normalized spacial score (nSPS) is 39.6. The molecule has 0 saturated heterocycles. The van der Waals surface area contributed by atoms with Crippen LogP contribution in [0, 0.1) is 23.7 Å². The van der Waals surface area contributed by atoms with Gasteiger partial charge in [0.2, 0.25) is 0 Å². The van der Waals surface area contributed by atoms with E-state index in [9.17, 15) is 0 Å². The Bertz CT molecular complexity index is 468. The van der Waals surface area contributed by atoms with Gasteiger partial charge in [0.1, 0.15) is 0 Å². The molecule has 4 atom stereocenters. The maximum absolute atomic E-state index is 4.40. The zero-order valence-electron chi connectivity index (χ0n) is 12.3. The van der Waals surface area contributed by atoms with E-state index in [0.29, 0.717) is 0 Å². The Kier molecular flexibility index (Phi) is 2.42. The minimum Gasteiger partial charge on any atom is -0.330 e. The summed E-state index contributed by atoms with van der Waals surface area (Å²) in [5, 5.41) is 3.59. The molecule has 0 amide bonds. The summed E-state index contributed by atoms with van der Waals surface area (Å²) >= 11 is 0. The smallest absolute Gasteiger partial charge is 0.0951 e. The van der Waals surface area contributed by atoms with Crippen LogP contribution < -0.4 is 5.32 Å². The maximum atomic E-state index is 4.40. The second-order valence-corrected chi connectivity index (χ2v) is 7.87. The molecule has 3 saturated carbocycles. The summed E-state index contributed by atoms with van der Waals surface area (Å²) in [5.41, 5.74) is 1.54. The second-order valence-electron chi connectivity index (χ2n) is 7.87. The van der Waals surface area contributed by atoms with Crippen LogP contribution in [-0.4, -0.2) is 15.1 Å². The fraction of sp³-hybridized carbons (Fsp3) is 0.812.